The van der Waals surface area contributed by atoms with Crippen LogP contribution in [0.4, 0.5) is 0 Å². The molecule has 1 aromatic heterocycles. The summed E-state index contributed by atoms with van der Waals surface area (Å²) in [6, 6.07) is 18.4. The Kier molecular flexibility index (Phi) is 5.19. The first-order valence-corrected chi connectivity index (χ1v) is 10.8. The lowest BCUT2D eigenvalue weighted by Crippen LogP contribution is -2.47. The number of aliphatic hydroxyl groups is 2. The monoisotopic (exact) mass is 404 g/mol. The molecule has 0 amide bonds. The van der Waals surface area contributed by atoms with Gasteiger partial charge in [0.1, 0.15) is 0 Å². The van der Waals surface area contributed by atoms with E-state index >= 15 is 0 Å². The predicted octanol–water partition coefficient (Wildman–Crippen LogP) is 4.09. The molecule has 30 heavy (non-hydrogen) atoms. The second-order valence-corrected chi connectivity index (χ2v) is 8.64. The molecule has 0 spiro atoms. The van der Waals surface area contributed by atoms with Crippen molar-refractivity contribution in [3.05, 3.63) is 78.2 Å². The fraction of sp³-hybridized carbons (Fsp3) is 0.400. The first kappa shape index (κ1) is 19.5. The third kappa shape index (κ3) is 3.58. The molecule has 2 unspecified atom stereocenters. The molecule has 2 aliphatic rings. The van der Waals surface area contributed by atoms with Crippen molar-refractivity contribution in [2.75, 3.05) is 0 Å². The van der Waals surface area contributed by atoms with Gasteiger partial charge in [0.05, 0.1) is 48.7 Å². The van der Waals surface area contributed by atoms with Gasteiger partial charge < -0.3 is 19.5 Å². The first-order chi connectivity index (χ1) is 14.6. The minimum absolute atomic E-state index is 0.00443. The van der Waals surface area contributed by atoms with Crippen molar-refractivity contribution in [1.82, 2.24) is 9.55 Å². The molecule has 3 aromatic rings. The number of benzene rings is 2. The molecular formula is C25H28N2O3. The van der Waals surface area contributed by atoms with Gasteiger partial charge in [0.2, 0.25) is 0 Å². The van der Waals surface area contributed by atoms with Crippen LogP contribution in [0, 0.1) is 0 Å². The van der Waals surface area contributed by atoms with Crippen LogP contribution in [-0.2, 0) is 11.3 Å². The first-order valence-electron chi connectivity index (χ1n) is 10.8. The molecule has 2 aromatic carbocycles. The van der Waals surface area contributed by atoms with Gasteiger partial charge in [-0.3, -0.25) is 0 Å². The maximum absolute atomic E-state index is 11.2. The van der Waals surface area contributed by atoms with E-state index in [2.05, 4.69) is 33.8 Å². The Hall–Kier alpha value is -2.47. The Morgan fingerprint density at radius 2 is 1.80 bits per heavy atom. The fourth-order valence-corrected chi connectivity index (χ4v) is 4.98. The molecule has 5 rings (SSSR count). The highest BCUT2D eigenvalue weighted by Gasteiger charge is 2.42. The number of hydrogen-bond donors (Lipinski definition) is 2. The van der Waals surface area contributed by atoms with E-state index in [1.807, 2.05) is 42.9 Å². The lowest BCUT2D eigenvalue weighted by Gasteiger charge is -2.40. The standard InChI is InChI=1S/C25H28N2O3/c28-24(14-22-20-8-4-5-9-21(20)23-15-26-17-27(22)23)25(29)12-10-19(11-13-25)30-16-18-6-2-1-3-7-18/h1-9,15,17,19,22,24,28-29H,10-14,16H2/t19-,22?,24?,25+. The predicted molar refractivity (Wildman–Crippen MR) is 115 cm³/mol. The van der Waals surface area contributed by atoms with E-state index in [0.29, 0.717) is 25.9 Å². The summed E-state index contributed by atoms with van der Waals surface area (Å²) in [5, 5.41) is 22.3. The summed E-state index contributed by atoms with van der Waals surface area (Å²) in [4.78, 5) is 4.29. The number of imidazole rings is 1. The summed E-state index contributed by atoms with van der Waals surface area (Å²) >= 11 is 0. The Morgan fingerprint density at radius 1 is 1.07 bits per heavy atom. The molecule has 2 heterocycles. The van der Waals surface area contributed by atoms with E-state index in [4.69, 9.17) is 4.74 Å². The molecule has 0 radical (unpaired) electrons. The quantitative estimate of drug-likeness (QED) is 0.649. The van der Waals surface area contributed by atoms with Crippen molar-refractivity contribution >= 4 is 0 Å². The van der Waals surface area contributed by atoms with Crippen molar-refractivity contribution < 1.29 is 14.9 Å². The van der Waals surface area contributed by atoms with Crippen LogP contribution in [0.25, 0.3) is 11.3 Å². The molecule has 0 bridgehead atoms. The average molecular weight is 405 g/mol. The van der Waals surface area contributed by atoms with E-state index < -0.39 is 11.7 Å². The van der Waals surface area contributed by atoms with Crippen LogP contribution in [0.3, 0.4) is 0 Å². The molecular weight excluding hydrogens is 376 g/mol. The summed E-state index contributed by atoms with van der Waals surface area (Å²) < 4.78 is 8.17. The van der Waals surface area contributed by atoms with Crippen LogP contribution in [0.1, 0.15) is 49.3 Å². The Morgan fingerprint density at radius 3 is 2.60 bits per heavy atom. The molecule has 2 N–H and O–H groups in total. The Bertz CT molecular complexity index is 992. The van der Waals surface area contributed by atoms with Gasteiger partial charge in [-0.2, -0.15) is 0 Å². The van der Waals surface area contributed by atoms with Crippen molar-refractivity contribution in [2.45, 2.75) is 62.6 Å². The minimum Gasteiger partial charge on any atom is -0.390 e. The van der Waals surface area contributed by atoms with Crippen LogP contribution in [0.15, 0.2) is 67.1 Å². The number of aliphatic hydroxyl groups excluding tert-OH is 1. The summed E-state index contributed by atoms with van der Waals surface area (Å²) in [7, 11) is 0. The molecule has 1 saturated carbocycles. The fourth-order valence-electron chi connectivity index (χ4n) is 4.98. The minimum atomic E-state index is -1.06. The van der Waals surface area contributed by atoms with Gasteiger partial charge in [-0.25, -0.2) is 4.98 Å². The lowest BCUT2D eigenvalue weighted by molar-refractivity contribution is -0.126. The van der Waals surface area contributed by atoms with Crippen molar-refractivity contribution in [2.24, 2.45) is 0 Å². The van der Waals surface area contributed by atoms with Crippen molar-refractivity contribution in [1.29, 1.82) is 0 Å². The zero-order chi connectivity index (χ0) is 20.6. The van der Waals surface area contributed by atoms with Crippen molar-refractivity contribution in [3.8, 4) is 11.3 Å². The third-order valence-corrected chi connectivity index (χ3v) is 6.79. The van der Waals surface area contributed by atoms with Gasteiger partial charge in [-0.15, -0.1) is 0 Å². The summed E-state index contributed by atoms with van der Waals surface area (Å²) in [6.45, 7) is 0.592. The molecule has 1 fully saturated rings. The molecule has 5 nitrogen and oxygen atoms in total. The van der Waals surface area contributed by atoms with E-state index in [9.17, 15) is 10.2 Å². The maximum atomic E-state index is 11.2. The van der Waals surface area contributed by atoms with E-state index in [1.165, 1.54) is 5.56 Å². The number of ether oxygens (including phenoxy) is 1. The number of aromatic nitrogens is 2. The smallest absolute Gasteiger partial charge is 0.0956 e. The van der Waals surface area contributed by atoms with Crippen LogP contribution in [0.5, 0.6) is 0 Å². The molecule has 156 valence electrons. The van der Waals surface area contributed by atoms with Crippen LogP contribution in [0.2, 0.25) is 0 Å². The maximum Gasteiger partial charge on any atom is 0.0956 e. The number of rotatable bonds is 6. The molecule has 5 heteroatoms. The van der Waals surface area contributed by atoms with Gasteiger partial charge in [-0.05, 0) is 36.8 Å². The Labute approximate surface area is 177 Å². The van der Waals surface area contributed by atoms with Gasteiger partial charge in [-0.1, -0.05) is 54.6 Å². The largest absolute Gasteiger partial charge is 0.390 e. The summed E-state index contributed by atoms with van der Waals surface area (Å²) in [5.41, 5.74) is 3.53. The number of hydrogen-bond acceptors (Lipinski definition) is 4. The van der Waals surface area contributed by atoms with Crippen molar-refractivity contribution in [3.63, 3.8) is 0 Å². The molecule has 1 aliphatic carbocycles. The van der Waals surface area contributed by atoms with Gasteiger partial charge >= 0.3 is 0 Å². The zero-order valence-electron chi connectivity index (χ0n) is 17.0. The highest BCUT2D eigenvalue weighted by atomic mass is 16.5. The van der Waals surface area contributed by atoms with E-state index in [0.717, 1.165) is 29.7 Å². The van der Waals surface area contributed by atoms with Crippen LogP contribution in [-0.4, -0.2) is 37.6 Å². The zero-order valence-corrected chi connectivity index (χ0v) is 17.0. The van der Waals surface area contributed by atoms with E-state index in [-0.39, 0.29) is 12.1 Å². The highest BCUT2D eigenvalue weighted by molar-refractivity contribution is 5.68. The van der Waals surface area contributed by atoms with Crippen LogP contribution >= 0.6 is 0 Å². The Balaban J connectivity index is 1.22. The molecule has 1 aliphatic heterocycles. The molecule has 0 saturated heterocycles. The van der Waals surface area contributed by atoms with Crippen LogP contribution < -0.4 is 0 Å². The molecule has 2 atom stereocenters. The highest BCUT2D eigenvalue weighted by Crippen LogP contribution is 2.43. The topological polar surface area (TPSA) is 67.5 Å². The van der Waals surface area contributed by atoms with Gasteiger partial charge in [0, 0.05) is 12.0 Å². The third-order valence-electron chi connectivity index (χ3n) is 6.79. The second-order valence-electron chi connectivity index (χ2n) is 8.64. The number of fused-ring (bicyclic) bond motifs is 3. The summed E-state index contributed by atoms with van der Waals surface area (Å²) in [5.74, 6) is 0. The summed E-state index contributed by atoms with van der Waals surface area (Å²) in [6.07, 6.45) is 6.14. The SMILES string of the molecule is OC(CC1c2ccccc2-c2cncn21)[C@]1(O)CC[C@@H](OCc2ccccc2)CC1. The normalized spacial score (nSPS) is 26.2. The second kappa shape index (κ2) is 7.99. The van der Waals surface area contributed by atoms with Gasteiger partial charge in [0.15, 0.2) is 0 Å². The average Bonchev–Trinajstić information content (AvgIpc) is 3.37. The number of nitrogens with zero attached hydrogens (tertiary/aromatic N) is 2. The van der Waals surface area contributed by atoms with Gasteiger partial charge in [0.25, 0.3) is 0 Å². The van der Waals surface area contributed by atoms with E-state index in [1.54, 1.807) is 0 Å². The lowest BCUT2D eigenvalue weighted by atomic mass is 9.77.